The molecule has 0 radical (unpaired) electrons. The van der Waals surface area contributed by atoms with Crippen LogP contribution in [0.3, 0.4) is 0 Å². The largest absolute Gasteiger partial charge is 0.326 e. The first-order valence-corrected chi connectivity index (χ1v) is 6.21. The minimum atomic E-state index is -3.43. The molecule has 1 aliphatic rings. The quantitative estimate of drug-likeness (QED) is 0.759. The van der Waals surface area contributed by atoms with Crippen molar-refractivity contribution in [3.63, 3.8) is 0 Å². The summed E-state index contributed by atoms with van der Waals surface area (Å²) in [7, 11) is -3.43. The van der Waals surface area contributed by atoms with Gasteiger partial charge >= 0.3 is 0 Å². The maximum Gasteiger partial charge on any atom is 0.260 e. The van der Waals surface area contributed by atoms with E-state index in [2.05, 4.69) is 4.98 Å². The van der Waals surface area contributed by atoms with Crippen molar-refractivity contribution in [1.29, 1.82) is 0 Å². The van der Waals surface area contributed by atoms with E-state index < -0.39 is 10.0 Å². The summed E-state index contributed by atoms with van der Waals surface area (Å²) in [5.41, 5.74) is 5.67. The predicted molar refractivity (Wildman–Crippen MR) is 55.6 cm³/mol. The first-order valence-electron chi connectivity index (χ1n) is 4.77. The van der Waals surface area contributed by atoms with Crippen LogP contribution in [0, 0.1) is 0 Å². The molecule has 2 N–H and O–H groups in total. The Morgan fingerprint density at radius 2 is 2.27 bits per heavy atom. The summed E-state index contributed by atoms with van der Waals surface area (Å²) in [6, 6.07) is 4.80. The van der Waals surface area contributed by atoms with E-state index in [1.54, 1.807) is 12.1 Å². The number of nitrogens with zero attached hydrogens (tertiary/aromatic N) is 2. The topological polar surface area (TPSA) is 76.3 Å². The van der Waals surface area contributed by atoms with E-state index in [4.69, 9.17) is 5.73 Å². The lowest BCUT2D eigenvalue weighted by atomic mass is 10.3. The monoisotopic (exact) mass is 227 g/mol. The molecule has 1 aliphatic heterocycles. The molecule has 0 aromatic carbocycles. The Kier molecular flexibility index (Phi) is 2.72. The molecule has 1 aromatic heterocycles. The van der Waals surface area contributed by atoms with E-state index in [0.717, 1.165) is 0 Å². The van der Waals surface area contributed by atoms with Gasteiger partial charge in [0.2, 0.25) is 0 Å². The Bertz CT molecular complexity index is 432. The highest BCUT2D eigenvalue weighted by Gasteiger charge is 2.31. The first-order chi connectivity index (χ1) is 7.10. The average molecular weight is 227 g/mol. The first kappa shape index (κ1) is 10.5. The fraction of sp³-hybridized carbons (Fsp3) is 0.444. The third-order valence-electron chi connectivity index (χ3n) is 2.43. The highest BCUT2D eigenvalue weighted by molar-refractivity contribution is 7.89. The summed E-state index contributed by atoms with van der Waals surface area (Å²) in [6.45, 7) is 0.874. The molecule has 1 aromatic rings. The van der Waals surface area contributed by atoms with Crippen molar-refractivity contribution in [3.8, 4) is 0 Å². The minimum Gasteiger partial charge on any atom is -0.326 e. The Hall–Kier alpha value is -0.980. The highest BCUT2D eigenvalue weighted by Crippen LogP contribution is 2.18. The van der Waals surface area contributed by atoms with Crippen molar-refractivity contribution in [2.24, 2.45) is 5.73 Å². The van der Waals surface area contributed by atoms with Crippen LogP contribution in [0.25, 0.3) is 0 Å². The zero-order chi connectivity index (χ0) is 10.9. The van der Waals surface area contributed by atoms with Crippen molar-refractivity contribution < 1.29 is 8.42 Å². The van der Waals surface area contributed by atoms with Gasteiger partial charge in [-0.1, -0.05) is 6.07 Å². The molecular formula is C9H13N3O2S. The van der Waals surface area contributed by atoms with Gasteiger partial charge < -0.3 is 5.73 Å². The van der Waals surface area contributed by atoms with Gasteiger partial charge in [0.1, 0.15) is 0 Å². The summed E-state index contributed by atoms with van der Waals surface area (Å²) in [5.74, 6) is 0. The van der Waals surface area contributed by atoms with Crippen molar-refractivity contribution in [1.82, 2.24) is 9.29 Å². The van der Waals surface area contributed by atoms with Gasteiger partial charge in [0, 0.05) is 25.3 Å². The lowest BCUT2D eigenvalue weighted by molar-refractivity contribution is 0.469. The fourth-order valence-electron chi connectivity index (χ4n) is 1.60. The summed E-state index contributed by atoms with van der Waals surface area (Å²) >= 11 is 0. The maximum absolute atomic E-state index is 12.0. The molecule has 0 aliphatic carbocycles. The molecule has 2 heterocycles. The van der Waals surface area contributed by atoms with Gasteiger partial charge in [0.05, 0.1) is 0 Å². The van der Waals surface area contributed by atoms with Gasteiger partial charge in [-0.15, -0.1) is 0 Å². The van der Waals surface area contributed by atoms with Crippen LogP contribution in [-0.4, -0.2) is 36.8 Å². The smallest absolute Gasteiger partial charge is 0.260 e. The molecule has 1 saturated heterocycles. The molecule has 1 fully saturated rings. The Balaban J connectivity index is 2.28. The minimum absolute atomic E-state index is 0.0523. The van der Waals surface area contributed by atoms with Gasteiger partial charge in [-0.25, -0.2) is 13.4 Å². The number of sulfonamides is 1. The van der Waals surface area contributed by atoms with Crippen LogP contribution >= 0.6 is 0 Å². The molecule has 2 rings (SSSR count). The Labute approximate surface area is 89.0 Å². The van der Waals surface area contributed by atoms with E-state index in [0.29, 0.717) is 19.5 Å². The molecule has 0 amide bonds. The van der Waals surface area contributed by atoms with Crippen LogP contribution < -0.4 is 5.73 Å². The van der Waals surface area contributed by atoms with E-state index in [1.807, 2.05) is 0 Å². The predicted octanol–water partition coefficient (Wildman–Crippen LogP) is -0.197. The molecule has 1 unspecified atom stereocenters. The summed E-state index contributed by atoms with van der Waals surface area (Å²) < 4.78 is 25.4. The molecule has 0 saturated carbocycles. The van der Waals surface area contributed by atoms with E-state index in [9.17, 15) is 8.42 Å². The van der Waals surface area contributed by atoms with Crippen LogP contribution in [0.15, 0.2) is 29.4 Å². The lowest BCUT2D eigenvalue weighted by Gasteiger charge is -2.14. The standard InChI is InChI=1S/C9H13N3O2S/c10-8-4-6-12(7-8)15(13,14)9-3-1-2-5-11-9/h1-3,5,8H,4,6-7,10H2. The average Bonchev–Trinajstić information content (AvgIpc) is 2.67. The fourth-order valence-corrected chi connectivity index (χ4v) is 3.05. The lowest BCUT2D eigenvalue weighted by Crippen LogP contribution is -2.32. The van der Waals surface area contributed by atoms with Gasteiger partial charge in [-0.2, -0.15) is 4.31 Å². The Morgan fingerprint density at radius 1 is 1.47 bits per heavy atom. The van der Waals surface area contributed by atoms with Crippen molar-refractivity contribution in [3.05, 3.63) is 24.4 Å². The summed E-state index contributed by atoms with van der Waals surface area (Å²) in [6.07, 6.45) is 2.19. The zero-order valence-electron chi connectivity index (χ0n) is 8.20. The van der Waals surface area contributed by atoms with Crippen LogP contribution in [-0.2, 0) is 10.0 Å². The molecule has 1 atom stereocenters. The number of hydrogen-bond acceptors (Lipinski definition) is 4. The van der Waals surface area contributed by atoms with Crippen LogP contribution in [0.5, 0.6) is 0 Å². The number of pyridine rings is 1. The van der Waals surface area contributed by atoms with E-state index in [1.165, 1.54) is 16.6 Å². The summed E-state index contributed by atoms with van der Waals surface area (Å²) in [4.78, 5) is 3.85. The molecule has 6 heteroatoms. The SMILES string of the molecule is NC1CCN(S(=O)(=O)c2ccccn2)C1. The number of hydrogen-bond donors (Lipinski definition) is 1. The zero-order valence-corrected chi connectivity index (χ0v) is 9.02. The maximum atomic E-state index is 12.0. The second kappa shape index (κ2) is 3.88. The molecule has 15 heavy (non-hydrogen) atoms. The van der Waals surface area contributed by atoms with Crippen molar-refractivity contribution in [2.75, 3.05) is 13.1 Å². The van der Waals surface area contributed by atoms with Crippen molar-refractivity contribution >= 4 is 10.0 Å². The molecule has 0 bridgehead atoms. The van der Waals surface area contributed by atoms with E-state index in [-0.39, 0.29) is 11.1 Å². The Morgan fingerprint density at radius 3 is 2.80 bits per heavy atom. The third-order valence-corrected chi connectivity index (χ3v) is 4.21. The second-order valence-corrected chi connectivity index (χ2v) is 5.46. The molecule has 0 spiro atoms. The summed E-state index contributed by atoms with van der Waals surface area (Å²) in [5, 5.41) is 0.0964. The van der Waals surface area contributed by atoms with E-state index >= 15 is 0 Å². The van der Waals surface area contributed by atoms with Crippen LogP contribution in [0.4, 0.5) is 0 Å². The number of aromatic nitrogens is 1. The van der Waals surface area contributed by atoms with Crippen molar-refractivity contribution in [2.45, 2.75) is 17.5 Å². The van der Waals surface area contributed by atoms with Gasteiger partial charge in [0.25, 0.3) is 10.0 Å². The van der Waals surface area contributed by atoms with Crippen LogP contribution in [0.1, 0.15) is 6.42 Å². The molecule has 82 valence electrons. The van der Waals surface area contributed by atoms with Gasteiger partial charge in [-0.05, 0) is 18.6 Å². The second-order valence-electron chi connectivity index (χ2n) is 3.58. The number of nitrogens with two attached hydrogens (primary N) is 1. The normalized spacial score (nSPS) is 23.1. The highest BCUT2D eigenvalue weighted by atomic mass is 32.2. The number of rotatable bonds is 2. The van der Waals surface area contributed by atoms with Crippen LogP contribution in [0.2, 0.25) is 0 Å². The molecular weight excluding hydrogens is 214 g/mol. The molecule has 5 nitrogen and oxygen atoms in total. The van der Waals surface area contributed by atoms with Gasteiger partial charge in [-0.3, -0.25) is 0 Å². The van der Waals surface area contributed by atoms with Gasteiger partial charge in [0.15, 0.2) is 5.03 Å². The third kappa shape index (κ3) is 2.01.